The van der Waals surface area contributed by atoms with Crippen molar-refractivity contribution >= 4 is 29.1 Å². The lowest BCUT2D eigenvalue weighted by molar-refractivity contribution is -0.394. The van der Waals surface area contributed by atoms with E-state index in [4.69, 9.17) is 4.74 Å². The summed E-state index contributed by atoms with van der Waals surface area (Å²) < 4.78 is 19.9. The predicted molar refractivity (Wildman–Crippen MR) is 126 cm³/mol. The number of imide groups is 1. The van der Waals surface area contributed by atoms with Crippen LogP contribution in [0, 0.1) is 26.0 Å². The number of nitro benzene ring substituents is 2. The molecule has 1 aliphatic rings. The molecule has 3 aromatic carbocycles. The summed E-state index contributed by atoms with van der Waals surface area (Å²) in [5, 5.41) is 23.4. The zero-order chi connectivity index (χ0) is 26.4. The van der Waals surface area contributed by atoms with Crippen LogP contribution in [0.25, 0.3) is 0 Å². The average molecular weight is 493 g/mol. The van der Waals surface area contributed by atoms with Crippen LogP contribution in [-0.2, 0) is 14.9 Å². The number of rotatable bonds is 4. The predicted octanol–water partition coefficient (Wildman–Crippen LogP) is 5.26. The minimum atomic E-state index is -2.08. The Labute approximate surface area is 204 Å². The van der Waals surface area contributed by atoms with Crippen LogP contribution in [0.5, 0.6) is 0 Å². The maximum absolute atomic E-state index is 14.5. The number of para-hydroxylation sites is 1. The Morgan fingerprint density at radius 2 is 1.64 bits per heavy atom. The fourth-order valence-corrected chi connectivity index (χ4v) is 4.39. The zero-order valence-corrected chi connectivity index (χ0v) is 19.4. The summed E-state index contributed by atoms with van der Waals surface area (Å²) in [7, 11) is 0. The van der Waals surface area contributed by atoms with Crippen LogP contribution in [0.3, 0.4) is 0 Å². The summed E-state index contributed by atoms with van der Waals surface area (Å²) in [6.07, 6.45) is -1.03. The van der Waals surface area contributed by atoms with Gasteiger partial charge < -0.3 is 4.74 Å². The SMILES string of the molecule is CC(C)(C)OC(=O)N1C(=O)[C@](c2cccc(F)c2)(c2ccc([N+](=O)[O-])cc2[N+](=O)[O-])c2ccccc21. The number of halogens is 1. The van der Waals surface area contributed by atoms with E-state index in [1.807, 2.05) is 0 Å². The molecule has 1 aliphatic heterocycles. The Hall–Kier alpha value is -4.67. The highest BCUT2D eigenvalue weighted by molar-refractivity contribution is 6.24. The standard InChI is InChI=1S/C25H20FN3O7/c1-24(2,3)36-23(31)27-20-10-5-4-9-18(20)25(22(27)30,15-7-6-8-16(26)13-15)19-12-11-17(28(32)33)14-21(19)29(34)35/h4-14H,1-3H3/t25-/m0/s1. The number of benzene rings is 3. The molecule has 1 atom stereocenters. The highest BCUT2D eigenvalue weighted by Crippen LogP contribution is 2.53. The quantitative estimate of drug-likeness (QED) is 0.358. The van der Waals surface area contributed by atoms with Gasteiger partial charge in [0.25, 0.3) is 17.3 Å². The molecule has 0 aromatic heterocycles. The van der Waals surface area contributed by atoms with Crippen molar-refractivity contribution in [3.63, 3.8) is 0 Å². The molecule has 4 rings (SSSR count). The van der Waals surface area contributed by atoms with E-state index in [1.54, 1.807) is 32.9 Å². The number of hydrogen-bond acceptors (Lipinski definition) is 7. The number of non-ortho nitro benzene ring substituents is 1. The van der Waals surface area contributed by atoms with Crippen molar-refractivity contribution in [3.05, 3.63) is 109 Å². The molecule has 0 radical (unpaired) electrons. The van der Waals surface area contributed by atoms with Gasteiger partial charge in [0.05, 0.1) is 27.2 Å². The molecule has 0 saturated carbocycles. The van der Waals surface area contributed by atoms with Gasteiger partial charge in [-0.1, -0.05) is 30.3 Å². The number of nitro groups is 2. The summed E-state index contributed by atoms with van der Waals surface area (Å²) >= 11 is 0. The number of amides is 2. The number of anilines is 1. The smallest absolute Gasteiger partial charge is 0.421 e. The molecule has 0 fully saturated rings. The first kappa shape index (κ1) is 24.5. The number of ether oxygens (including phenoxy) is 1. The molecule has 0 N–H and O–H groups in total. The van der Waals surface area contributed by atoms with Gasteiger partial charge in [-0.15, -0.1) is 0 Å². The molecule has 10 nitrogen and oxygen atoms in total. The zero-order valence-electron chi connectivity index (χ0n) is 19.4. The minimum absolute atomic E-state index is 0.00274. The van der Waals surface area contributed by atoms with Gasteiger partial charge in [-0.25, -0.2) is 14.1 Å². The van der Waals surface area contributed by atoms with E-state index in [0.29, 0.717) is 0 Å². The lowest BCUT2D eigenvalue weighted by Crippen LogP contribution is -2.46. The molecular weight excluding hydrogens is 473 g/mol. The van der Waals surface area contributed by atoms with Crippen molar-refractivity contribution in [1.82, 2.24) is 0 Å². The number of nitrogens with zero attached hydrogens (tertiary/aromatic N) is 3. The molecule has 2 amide bonds. The van der Waals surface area contributed by atoms with E-state index in [2.05, 4.69) is 0 Å². The van der Waals surface area contributed by atoms with Crippen LogP contribution in [0.1, 0.15) is 37.5 Å². The van der Waals surface area contributed by atoms with Crippen LogP contribution in [0.15, 0.2) is 66.7 Å². The van der Waals surface area contributed by atoms with E-state index in [1.165, 1.54) is 24.3 Å². The third-order valence-corrected chi connectivity index (χ3v) is 5.70. The molecule has 0 spiro atoms. The fourth-order valence-electron chi connectivity index (χ4n) is 4.39. The van der Waals surface area contributed by atoms with E-state index in [-0.39, 0.29) is 22.4 Å². The van der Waals surface area contributed by atoms with E-state index >= 15 is 0 Å². The van der Waals surface area contributed by atoms with Gasteiger partial charge in [-0.2, -0.15) is 0 Å². The van der Waals surface area contributed by atoms with Crippen molar-refractivity contribution in [2.24, 2.45) is 0 Å². The molecule has 0 saturated heterocycles. The van der Waals surface area contributed by atoms with Gasteiger partial charge in [-0.05, 0) is 50.6 Å². The third-order valence-electron chi connectivity index (χ3n) is 5.70. The monoisotopic (exact) mass is 493 g/mol. The average Bonchev–Trinajstić information content (AvgIpc) is 3.06. The topological polar surface area (TPSA) is 133 Å². The number of hydrogen-bond donors (Lipinski definition) is 0. The largest absolute Gasteiger partial charge is 0.443 e. The Balaban J connectivity index is 2.12. The lowest BCUT2D eigenvalue weighted by atomic mass is 9.69. The number of fused-ring (bicyclic) bond motifs is 1. The second kappa shape index (κ2) is 8.52. The first-order chi connectivity index (χ1) is 16.9. The summed E-state index contributed by atoms with van der Waals surface area (Å²) in [6.45, 7) is 4.83. The van der Waals surface area contributed by atoms with E-state index in [9.17, 15) is 34.2 Å². The molecule has 1 heterocycles. The summed E-state index contributed by atoms with van der Waals surface area (Å²) in [6, 6.07) is 13.9. The first-order valence-electron chi connectivity index (χ1n) is 10.7. The number of carbonyl (C=O) groups is 2. The van der Waals surface area contributed by atoms with Crippen LogP contribution in [0.4, 0.5) is 26.2 Å². The highest BCUT2D eigenvalue weighted by atomic mass is 19.1. The second-order valence-corrected chi connectivity index (χ2v) is 9.11. The van der Waals surface area contributed by atoms with Gasteiger partial charge in [-0.3, -0.25) is 25.0 Å². The van der Waals surface area contributed by atoms with Crippen molar-refractivity contribution in [2.75, 3.05) is 4.90 Å². The Kier molecular flexibility index (Phi) is 5.79. The normalized spacial score (nSPS) is 17.0. The molecule has 184 valence electrons. The molecule has 3 aromatic rings. The Bertz CT molecular complexity index is 1430. The lowest BCUT2D eigenvalue weighted by Gasteiger charge is -2.30. The van der Waals surface area contributed by atoms with Crippen LogP contribution < -0.4 is 4.90 Å². The van der Waals surface area contributed by atoms with Crippen LogP contribution in [0.2, 0.25) is 0 Å². The molecule has 11 heteroatoms. The summed E-state index contributed by atoms with van der Waals surface area (Å²) in [5.74, 6) is -1.67. The van der Waals surface area contributed by atoms with E-state index < -0.39 is 50.1 Å². The first-order valence-corrected chi connectivity index (χ1v) is 10.7. The Morgan fingerprint density at radius 3 is 2.25 bits per heavy atom. The van der Waals surface area contributed by atoms with Gasteiger partial charge >= 0.3 is 6.09 Å². The molecular formula is C25H20FN3O7. The fraction of sp³-hybridized carbons (Fsp3) is 0.200. The van der Waals surface area contributed by atoms with Crippen molar-refractivity contribution in [2.45, 2.75) is 31.8 Å². The second-order valence-electron chi connectivity index (χ2n) is 9.11. The number of carbonyl (C=O) groups excluding carboxylic acids is 2. The van der Waals surface area contributed by atoms with Gasteiger partial charge in [0, 0.05) is 11.6 Å². The van der Waals surface area contributed by atoms with Crippen molar-refractivity contribution < 1.29 is 28.6 Å². The van der Waals surface area contributed by atoms with Crippen LogP contribution in [-0.4, -0.2) is 27.4 Å². The van der Waals surface area contributed by atoms with Crippen molar-refractivity contribution in [1.29, 1.82) is 0 Å². The maximum atomic E-state index is 14.5. The van der Waals surface area contributed by atoms with Gasteiger partial charge in [0.1, 0.15) is 16.8 Å². The maximum Gasteiger partial charge on any atom is 0.421 e. The van der Waals surface area contributed by atoms with Gasteiger partial charge in [0.15, 0.2) is 0 Å². The Morgan fingerprint density at radius 1 is 0.944 bits per heavy atom. The summed E-state index contributed by atoms with van der Waals surface area (Å²) in [4.78, 5) is 50.0. The van der Waals surface area contributed by atoms with Crippen molar-refractivity contribution in [3.8, 4) is 0 Å². The third kappa shape index (κ3) is 3.84. The molecule has 0 unspecified atom stereocenters. The highest BCUT2D eigenvalue weighted by Gasteiger charge is 2.58. The summed E-state index contributed by atoms with van der Waals surface area (Å²) in [5.41, 5.74) is -4.36. The van der Waals surface area contributed by atoms with Crippen LogP contribution >= 0.6 is 0 Å². The van der Waals surface area contributed by atoms with Gasteiger partial charge in [0.2, 0.25) is 0 Å². The molecule has 36 heavy (non-hydrogen) atoms. The van der Waals surface area contributed by atoms with E-state index in [0.717, 1.165) is 35.2 Å². The molecule has 0 bridgehead atoms. The molecule has 0 aliphatic carbocycles. The minimum Gasteiger partial charge on any atom is -0.443 e.